The van der Waals surface area contributed by atoms with Crippen molar-refractivity contribution in [1.82, 2.24) is 25.4 Å². The summed E-state index contributed by atoms with van der Waals surface area (Å²) < 4.78 is 1.75. The van der Waals surface area contributed by atoms with E-state index >= 15 is 0 Å². The summed E-state index contributed by atoms with van der Waals surface area (Å²) in [5.41, 5.74) is 2.18. The van der Waals surface area contributed by atoms with Crippen LogP contribution in [0.1, 0.15) is 12.5 Å². The van der Waals surface area contributed by atoms with Gasteiger partial charge >= 0.3 is 0 Å². The topological polar surface area (TPSA) is 67.1 Å². The lowest BCUT2D eigenvalue weighted by atomic mass is 10.2. The Hall–Kier alpha value is -2.37. The molecule has 1 aliphatic heterocycles. The number of aliphatic imine (C=N–C) groups is 1. The largest absolute Gasteiger partial charge is 0.352 e. The minimum Gasteiger partial charge on any atom is -0.352 e. The molecule has 0 spiro atoms. The van der Waals surface area contributed by atoms with Gasteiger partial charge in [0, 0.05) is 12.6 Å². The van der Waals surface area contributed by atoms with Crippen molar-refractivity contribution in [3.05, 3.63) is 42.5 Å². The van der Waals surface area contributed by atoms with Gasteiger partial charge < -0.3 is 10.6 Å². The number of nitrogens with zero attached hydrogens (tertiary/aromatic N) is 4. The molecule has 19 heavy (non-hydrogen) atoms. The molecule has 6 nitrogen and oxygen atoms in total. The smallest absolute Gasteiger partial charge is 0.191 e. The second-order valence-corrected chi connectivity index (χ2v) is 4.60. The molecule has 0 bridgehead atoms. The summed E-state index contributed by atoms with van der Waals surface area (Å²) in [7, 11) is 0. The van der Waals surface area contributed by atoms with Crippen LogP contribution in [0.25, 0.3) is 5.69 Å². The van der Waals surface area contributed by atoms with Gasteiger partial charge in [0.05, 0.1) is 12.2 Å². The van der Waals surface area contributed by atoms with E-state index in [1.165, 1.54) is 11.9 Å². The van der Waals surface area contributed by atoms with Crippen molar-refractivity contribution in [2.45, 2.75) is 19.5 Å². The number of aromatic nitrogens is 3. The highest BCUT2D eigenvalue weighted by molar-refractivity contribution is 5.81. The minimum atomic E-state index is 0.420. The Morgan fingerprint density at radius 1 is 1.47 bits per heavy atom. The first-order valence-electron chi connectivity index (χ1n) is 6.30. The molecule has 1 atom stereocenters. The van der Waals surface area contributed by atoms with Gasteiger partial charge in [0.1, 0.15) is 12.7 Å². The van der Waals surface area contributed by atoms with Crippen molar-refractivity contribution in [3.8, 4) is 5.69 Å². The number of rotatable bonds is 3. The summed E-state index contributed by atoms with van der Waals surface area (Å²) in [5.74, 6) is 0.874. The predicted molar refractivity (Wildman–Crippen MR) is 73.1 cm³/mol. The van der Waals surface area contributed by atoms with Gasteiger partial charge in [0.25, 0.3) is 0 Å². The van der Waals surface area contributed by atoms with Gasteiger partial charge in [0.15, 0.2) is 5.96 Å². The van der Waals surface area contributed by atoms with Crippen LogP contribution in [0.3, 0.4) is 0 Å². The van der Waals surface area contributed by atoms with Crippen molar-refractivity contribution in [2.24, 2.45) is 4.99 Å². The third kappa shape index (κ3) is 2.73. The van der Waals surface area contributed by atoms with Crippen LogP contribution in [0.2, 0.25) is 0 Å². The highest BCUT2D eigenvalue weighted by atomic mass is 15.3. The van der Waals surface area contributed by atoms with Gasteiger partial charge in [-0.3, -0.25) is 4.99 Å². The molecule has 6 heteroatoms. The maximum atomic E-state index is 4.37. The zero-order chi connectivity index (χ0) is 13.1. The minimum absolute atomic E-state index is 0.420. The Balaban J connectivity index is 1.67. The number of benzene rings is 1. The van der Waals surface area contributed by atoms with E-state index in [0.29, 0.717) is 6.04 Å². The first kappa shape index (κ1) is 11.7. The summed E-state index contributed by atoms with van der Waals surface area (Å²) in [6.45, 7) is 3.69. The van der Waals surface area contributed by atoms with E-state index in [4.69, 9.17) is 0 Å². The van der Waals surface area contributed by atoms with Crippen LogP contribution >= 0.6 is 0 Å². The summed E-state index contributed by atoms with van der Waals surface area (Å²) in [6, 6.07) is 8.60. The fraction of sp³-hybridized carbons (Fsp3) is 0.308. The highest BCUT2D eigenvalue weighted by Gasteiger charge is 2.11. The molecule has 0 saturated heterocycles. The molecule has 0 aliphatic carbocycles. The Morgan fingerprint density at radius 3 is 3.16 bits per heavy atom. The highest BCUT2D eigenvalue weighted by Crippen LogP contribution is 2.09. The molecule has 1 unspecified atom stereocenters. The maximum absolute atomic E-state index is 4.37. The summed E-state index contributed by atoms with van der Waals surface area (Å²) in [4.78, 5) is 8.32. The Labute approximate surface area is 111 Å². The molecule has 3 rings (SSSR count). The Morgan fingerprint density at radius 2 is 2.42 bits per heavy atom. The summed E-state index contributed by atoms with van der Waals surface area (Å²) in [5, 5.41) is 10.7. The van der Waals surface area contributed by atoms with Crippen molar-refractivity contribution in [2.75, 3.05) is 6.54 Å². The molecule has 1 aromatic carbocycles. The van der Waals surface area contributed by atoms with Crippen molar-refractivity contribution >= 4 is 5.96 Å². The van der Waals surface area contributed by atoms with Crippen molar-refractivity contribution in [3.63, 3.8) is 0 Å². The standard InChI is InChI=1S/C13H16N6/c1-10-6-15-13(18-10)16-7-11-3-2-4-12(5-11)19-9-14-8-17-19/h2-5,8-10H,6-7H2,1H3,(H2,15,16,18). The van der Waals surface area contributed by atoms with Gasteiger partial charge in [-0.25, -0.2) is 9.67 Å². The van der Waals surface area contributed by atoms with Crippen LogP contribution in [0, 0.1) is 0 Å². The second-order valence-electron chi connectivity index (χ2n) is 4.60. The molecule has 2 N–H and O–H groups in total. The molecule has 1 aliphatic rings. The third-order valence-corrected chi connectivity index (χ3v) is 2.96. The Kier molecular flexibility index (Phi) is 3.14. The van der Waals surface area contributed by atoms with E-state index in [-0.39, 0.29) is 0 Å². The van der Waals surface area contributed by atoms with Gasteiger partial charge in [0.2, 0.25) is 0 Å². The molecule has 0 amide bonds. The average molecular weight is 256 g/mol. The van der Waals surface area contributed by atoms with E-state index < -0.39 is 0 Å². The van der Waals surface area contributed by atoms with E-state index in [9.17, 15) is 0 Å². The fourth-order valence-electron chi connectivity index (χ4n) is 2.00. The average Bonchev–Trinajstić information content (AvgIpc) is 3.08. The number of hydrogen-bond donors (Lipinski definition) is 2. The molecule has 1 aromatic heterocycles. The SMILES string of the molecule is CC1CN=C(NCc2cccc(-n3cncn3)c2)N1. The normalized spacial score (nSPS) is 17.9. The molecular weight excluding hydrogens is 240 g/mol. The van der Waals surface area contributed by atoms with Crippen LogP contribution in [0.5, 0.6) is 0 Å². The van der Waals surface area contributed by atoms with Crippen LogP contribution < -0.4 is 10.6 Å². The van der Waals surface area contributed by atoms with Gasteiger partial charge in [-0.15, -0.1) is 0 Å². The molecule has 0 radical (unpaired) electrons. The number of nitrogens with one attached hydrogen (secondary N) is 2. The lowest BCUT2D eigenvalue weighted by molar-refractivity contribution is 0.713. The molecule has 0 saturated carbocycles. The molecule has 98 valence electrons. The summed E-state index contributed by atoms with van der Waals surface area (Å²) in [6.07, 6.45) is 3.22. The summed E-state index contributed by atoms with van der Waals surface area (Å²) >= 11 is 0. The number of hydrogen-bond acceptors (Lipinski definition) is 5. The molecule has 0 fully saturated rings. The monoisotopic (exact) mass is 256 g/mol. The Bertz CT molecular complexity index is 575. The predicted octanol–water partition coefficient (Wildman–Crippen LogP) is 0.705. The van der Waals surface area contributed by atoms with Gasteiger partial charge in [-0.05, 0) is 24.6 Å². The van der Waals surface area contributed by atoms with E-state index in [2.05, 4.69) is 44.8 Å². The fourth-order valence-corrected chi connectivity index (χ4v) is 2.00. The van der Waals surface area contributed by atoms with Crippen molar-refractivity contribution < 1.29 is 0 Å². The zero-order valence-electron chi connectivity index (χ0n) is 10.7. The quantitative estimate of drug-likeness (QED) is 0.848. The van der Waals surface area contributed by atoms with E-state index in [1.54, 1.807) is 11.0 Å². The van der Waals surface area contributed by atoms with Crippen LogP contribution in [-0.2, 0) is 6.54 Å². The van der Waals surface area contributed by atoms with Gasteiger partial charge in [-0.1, -0.05) is 12.1 Å². The zero-order valence-corrected chi connectivity index (χ0v) is 10.7. The lowest BCUT2D eigenvalue weighted by Gasteiger charge is -2.09. The molecule has 2 aromatic rings. The van der Waals surface area contributed by atoms with Crippen LogP contribution in [-0.4, -0.2) is 33.3 Å². The van der Waals surface area contributed by atoms with Crippen LogP contribution in [0.15, 0.2) is 41.9 Å². The first-order chi connectivity index (χ1) is 9.31. The third-order valence-electron chi connectivity index (χ3n) is 2.96. The first-order valence-corrected chi connectivity index (χ1v) is 6.30. The number of guanidine groups is 1. The van der Waals surface area contributed by atoms with Crippen molar-refractivity contribution in [1.29, 1.82) is 0 Å². The second kappa shape index (κ2) is 5.09. The van der Waals surface area contributed by atoms with E-state index in [0.717, 1.165) is 24.7 Å². The van der Waals surface area contributed by atoms with Gasteiger partial charge in [-0.2, -0.15) is 5.10 Å². The molecule has 2 heterocycles. The van der Waals surface area contributed by atoms with E-state index in [1.807, 2.05) is 12.1 Å². The maximum Gasteiger partial charge on any atom is 0.191 e. The molecular formula is C13H16N6. The lowest BCUT2D eigenvalue weighted by Crippen LogP contribution is -2.37. The van der Waals surface area contributed by atoms with Crippen LogP contribution in [0.4, 0.5) is 0 Å².